The first-order chi connectivity index (χ1) is 13.8. The van der Waals surface area contributed by atoms with E-state index >= 15 is 0 Å². The molecule has 0 saturated carbocycles. The van der Waals surface area contributed by atoms with Crippen molar-refractivity contribution in [2.24, 2.45) is 5.73 Å². The molecule has 0 spiro atoms. The molecule has 3 rings (SSSR count). The van der Waals surface area contributed by atoms with Crippen LogP contribution in [0.5, 0.6) is 0 Å². The Bertz CT molecular complexity index is 909. The third-order valence-corrected chi connectivity index (χ3v) is 4.59. The minimum atomic E-state index is -0.0515. The average molecular weight is 377 g/mol. The van der Waals surface area contributed by atoms with E-state index < -0.39 is 0 Å². The molecule has 0 atom stereocenters. The van der Waals surface area contributed by atoms with Gasteiger partial charge in [0, 0.05) is 37.1 Å². The van der Waals surface area contributed by atoms with Gasteiger partial charge in [0.1, 0.15) is 0 Å². The third kappa shape index (κ3) is 5.50. The van der Waals surface area contributed by atoms with Crippen LogP contribution in [0, 0.1) is 0 Å². The monoisotopic (exact) mass is 377 g/mol. The number of aromatic nitrogens is 3. The SMILES string of the molecule is NCCCCn1c(NCCCc2ccccc2)nc(-c2ccncc2)cc1=O. The molecule has 2 heterocycles. The molecule has 0 bridgehead atoms. The first-order valence-corrected chi connectivity index (χ1v) is 9.78. The molecule has 1 aromatic carbocycles. The maximum atomic E-state index is 12.7. The molecule has 3 aromatic rings. The van der Waals surface area contributed by atoms with Gasteiger partial charge in [0.2, 0.25) is 5.95 Å². The zero-order valence-electron chi connectivity index (χ0n) is 16.1. The number of nitrogens with one attached hydrogen (secondary N) is 1. The minimum absolute atomic E-state index is 0.0515. The van der Waals surface area contributed by atoms with Crippen LogP contribution >= 0.6 is 0 Å². The predicted octanol–water partition coefficient (Wildman–Crippen LogP) is 3.09. The number of rotatable bonds is 10. The predicted molar refractivity (Wildman–Crippen MR) is 113 cm³/mol. The van der Waals surface area contributed by atoms with Gasteiger partial charge in [-0.1, -0.05) is 30.3 Å². The van der Waals surface area contributed by atoms with Gasteiger partial charge in [-0.3, -0.25) is 14.3 Å². The quantitative estimate of drug-likeness (QED) is 0.530. The van der Waals surface area contributed by atoms with Gasteiger partial charge < -0.3 is 11.1 Å². The molecule has 6 nitrogen and oxygen atoms in total. The number of pyridine rings is 1. The Morgan fingerprint density at radius 1 is 1.00 bits per heavy atom. The fraction of sp³-hybridized carbons (Fsp3) is 0.318. The highest BCUT2D eigenvalue weighted by Gasteiger charge is 2.10. The Kier molecular flexibility index (Phi) is 7.32. The highest BCUT2D eigenvalue weighted by atomic mass is 16.1. The summed E-state index contributed by atoms with van der Waals surface area (Å²) in [6.45, 7) is 1.98. The standard InChI is InChI=1S/C22H27N5O/c23-12-4-5-16-27-21(28)17-20(19-10-14-24-15-11-19)26-22(27)25-13-6-9-18-7-2-1-3-8-18/h1-3,7-8,10-11,14-15,17H,4-6,9,12-13,16,23H2,(H,25,26). The van der Waals surface area contributed by atoms with Crippen LogP contribution in [-0.2, 0) is 13.0 Å². The van der Waals surface area contributed by atoms with E-state index in [1.54, 1.807) is 23.0 Å². The maximum Gasteiger partial charge on any atom is 0.255 e. The summed E-state index contributed by atoms with van der Waals surface area (Å²) in [5.74, 6) is 0.615. The highest BCUT2D eigenvalue weighted by Crippen LogP contribution is 2.16. The highest BCUT2D eigenvalue weighted by molar-refractivity contribution is 5.59. The lowest BCUT2D eigenvalue weighted by molar-refractivity contribution is 0.594. The van der Waals surface area contributed by atoms with E-state index in [-0.39, 0.29) is 5.56 Å². The lowest BCUT2D eigenvalue weighted by Gasteiger charge is -2.15. The van der Waals surface area contributed by atoms with E-state index in [2.05, 4.69) is 34.6 Å². The topological polar surface area (TPSA) is 85.8 Å². The molecule has 0 aliphatic heterocycles. The van der Waals surface area contributed by atoms with Crippen molar-refractivity contribution in [2.45, 2.75) is 32.2 Å². The van der Waals surface area contributed by atoms with Crippen LogP contribution in [0.3, 0.4) is 0 Å². The summed E-state index contributed by atoms with van der Waals surface area (Å²) in [7, 11) is 0. The molecule has 6 heteroatoms. The minimum Gasteiger partial charge on any atom is -0.356 e. The van der Waals surface area contributed by atoms with Gasteiger partial charge in [-0.05, 0) is 49.9 Å². The second-order valence-electron chi connectivity index (χ2n) is 6.70. The number of anilines is 1. The van der Waals surface area contributed by atoms with Gasteiger partial charge in [-0.2, -0.15) is 0 Å². The molecule has 0 amide bonds. The van der Waals surface area contributed by atoms with Gasteiger partial charge in [0.25, 0.3) is 5.56 Å². The summed E-state index contributed by atoms with van der Waals surface area (Å²) in [6.07, 6.45) is 7.09. The summed E-state index contributed by atoms with van der Waals surface area (Å²) in [6, 6.07) is 15.7. The molecule has 0 unspecified atom stereocenters. The summed E-state index contributed by atoms with van der Waals surface area (Å²) < 4.78 is 1.71. The van der Waals surface area contributed by atoms with Crippen LogP contribution in [0.1, 0.15) is 24.8 Å². The number of aryl methyl sites for hydroxylation is 1. The molecule has 0 aliphatic carbocycles. The van der Waals surface area contributed by atoms with Crippen molar-refractivity contribution in [3.63, 3.8) is 0 Å². The Morgan fingerprint density at radius 2 is 1.79 bits per heavy atom. The van der Waals surface area contributed by atoms with Crippen LogP contribution in [0.4, 0.5) is 5.95 Å². The van der Waals surface area contributed by atoms with Gasteiger partial charge in [-0.25, -0.2) is 4.98 Å². The van der Waals surface area contributed by atoms with Gasteiger partial charge in [0.15, 0.2) is 0 Å². The summed E-state index contributed by atoms with van der Waals surface area (Å²) in [5, 5.41) is 3.37. The third-order valence-electron chi connectivity index (χ3n) is 4.59. The van der Waals surface area contributed by atoms with Crippen molar-refractivity contribution in [1.29, 1.82) is 0 Å². The van der Waals surface area contributed by atoms with Crippen molar-refractivity contribution in [3.8, 4) is 11.3 Å². The Labute approximate surface area is 165 Å². The fourth-order valence-corrected chi connectivity index (χ4v) is 3.08. The average Bonchev–Trinajstić information content (AvgIpc) is 2.74. The van der Waals surface area contributed by atoms with Crippen molar-refractivity contribution < 1.29 is 0 Å². The summed E-state index contributed by atoms with van der Waals surface area (Å²) in [5.41, 5.74) is 8.40. The van der Waals surface area contributed by atoms with Gasteiger partial charge in [-0.15, -0.1) is 0 Å². The molecule has 0 aliphatic rings. The first kappa shape index (κ1) is 19.8. The van der Waals surface area contributed by atoms with E-state index in [9.17, 15) is 4.79 Å². The number of nitrogens with zero attached hydrogens (tertiary/aromatic N) is 3. The molecular formula is C22H27N5O. The maximum absolute atomic E-state index is 12.7. The molecular weight excluding hydrogens is 350 g/mol. The second kappa shape index (κ2) is 10.4. The van der Waals surface area contributed by atoms with Crippen molar-refractivity contribution in [2.75, 3.05) is 18.4 Å². The van der Waals surface area contributed by atoms with Crippen molar-refractivity contribution >= 4 is 5.95 Å². The second-order valence-corrected chi connectivity index (χ2v) is 6.70. The van der Waals surface area contributed by atoms with Crippen molar-refractivity contribution in [1.82, 2.24) is 14.5 Å². The van der Waals surface area contributed by atoms with E-state index in [1.165, 1.54) is 5.56 Å². The number of nitrogens with two attached hydrogens (primary N) is 1. The van der Waals surface area contributed by atoms with E-state index in [0.29, 0.717) is 24.7 Å². The number of hydrogen-bond acceptors (Lipinski definition) is 5. The van der Waals surface area contributed by atoms with Gasteiger partial charge >= 0.3 is 0 Å². The molecule has 3 N–H and O–H groups in total. The molecule has 0 saturated heterocycles. The van der Waals surface area contributed by atoms with E-state index in [0.717, 1.165) is 37.8 Å². The first-order valence-electron chi connectivity index (χ1n) is 9.78. The molecule has 28 heavy (non-hydrogen) atoms. The largest absolute Gasteiger partial charge is 0.356 e. The number of hydrogen-bond donors (Lipinski definition) is 2. The van der Waals surface area contributed by atoms with Crippen LogP contribution < -0.4 is 16.6 Å². The van der Waals surface area contributed by atoms with Crippen molar-refractivity contribution in [3.05, 3.63) is 76.8 Å². The van der Waals surface area contributed by atoms with Crippen LogP contribution in [0.2, 0.25) is 0 Å². The lowest BCUT2D eigenvalue weighted by atomic mass is 10.1. The van der Waals surface area contributed by atoms with Gasteiger partial charge in [0.05, 0.1) is 5.69 Å². The normalized spacial score (nSPS) is 10.8. The summed E-state index contributed by atoms with van der Waals surface area (Å²) >= 11 is 0. The molecule has 0 radical (unpaired) electrons. The Balaban J connectivity index is 1.75. The van der Waals surface area contributed by atoms with E-state index in [4.69, 9.17) is 10.7 Å². The van der Waals surface area contributed by atoms with Crippen LogP contribution in [-0.4, -0.2) is 27.6 Å². The molecule has 2 aromatic heterocycles. The zero-order chi connectivity index (χ0) is 19.6. The lowest BCUT2D eigenvalue weighted by Crippen LogP contribution is -2.25. The van der Waals surface area contributed by atoms with Crippen LogP contribution in [0.25, 0.3) is 11.3 Å². The fourth-order valence-electron chi connectivity index (χ4n) is 3.08. The zero-order valence-corrected chi connectivity index (χ0v) is 16.1. The summed E-state index contributed by atoms with van der Waals surface area (Å²) in [4.78, 5) is 21.5. The smallest absolute Gasteiger partial charge is 0.255 e. The molecule has 0 fully saturated rings. The van der Waals surface area contributed by atoms with Crippen LogP contribution in [0.15, 0.2) is 65.7 Å². The Hall–Kier alpha value is -2.99. The number of unbranched alkanes of at least 4 members (excludes halogenated alkanes) is 1. The number of benzene rings is 1. The molecule has 146 valence electrons. The van der Waals surface area contributed by atoms with E-state index in [1.807, 2.05) is 18.2 Å². The Morgan fingerprint density at radius 3 is 2.54 bits per heavy atom.